The molecule has 0 saturated heterocycles. The first kappa shape index (κ1) is 17.5. The van der Waals surface area contributed by atoms with Gasteiger partial charge in [0.15, 0.2) is 11.5 Å². The van der Waals surface area contributed by atoms with Crippen LogP contribution in [0.25, 0.3) is 0 Å². The fraction of sp³-hybridized carbons (Fsp3) is 0.350. The molecule has 2 heterocycles. The summed E-state index contributed by atoms with van der Waals surface area (Å²) >= 11 is 0. The highest BCUT2D eigenvalue weighted by molar-refractivity contribution is 5.95. The molecule has 0 aromatic heterocycles. The number of esters is 1. The average Bonchev–Trinajstić information content (AvgIpc) is 3.16. The van der Waals surface area contributed by atoms with E-state index in [0.29, 0.717) is 28.5 Å². The number of benzene rings is 2. The van der Waals surface area contributed by atoms with Crippen molar-refractivity contribution >= 4 is 11.7 Å². The van der Waals surface area contributed by atoms with E-state index in [1.807, 2.05) is 31.3 Å². The van der Waals surface area contributed by atoms with Gasteiger partial charge < -0.3 is 24.3 Å². The van der Waals surface area contributed by atoms with Gasteiger partial charge in [-0.2, -0.15) is 0 Å². The van der Waals surface area contributed by atoms with Crippen LogP contribution in [0, 0.1) is 0 Å². The van der Waals surface area contributed by atoms with E-state index in [4.69, 9.17) is 18.9 Å². The average molecular weight is 370 g/mol. The molecule has 7 heteroatoms. The molecule has 7 nitrogen and oxygen atoms in total. The zero-order chi connectivity index (χ0) is 19.0. The van der Waals surface area contributed by atoms with E-state index in [0.717, 1.165) is 24.1 Å². The molecule has 0 unspecified atom stereocenters. The van der Waals surface area contributed by atoms with Crippen LogP contribution < -0.4 is 19.5 Å². The monoisotopic (exact) mass is 370 g/mol. The van der Waals surface area contributed by atoms with Crippen LogP contribution >= 0.6 is 0 Å². The van der Waals surface area contributed by atoms with Crippen molar-refractivity contribution in [2.24, 2.45) is 0 Å². The highest BCUT2D eigenvalue weighted by atomic mass is 16.7. The molecule has 2 aromatic carbocycles. The molecule has 27 heavy (non-hydrogen) atoms. The van der Waals surface area contributed by atoms with Gasteiger partial charge in [0.1, 0.15) is 6.17 Å². The summed E-state index contributed by atoms with van der Waals surface area (Å²) in [7, 11) is 5.04. The molecule has 1 N–H and O–H groups in total. The maximum absolute atomic E-state index is 12.1. The zero-order valence-corrected chi connectivity index (χ0v) is 15.6. The number of nitrogens with one attached hydrogen (secondary N) is 1. The van der Waals surface area contributed by atoms with Crippen molar-refractivity contribution in [1.82, 2.24) is 4.90 Å². The normalized spacial score (nSPS) is 18.0. The Labute approximate surface area is 157 Å². The van der Waals surface area contributed by atoms with Gasteiger partial charge in [-0.25, -0.2) is 4.79 Å². The van der Waals surface area contributed by atoms with Gasteiger partial charge in [0.25, 0.3) is 0 Å². The van der Waals surface area contributed by atoms with Crippen molar-refractivity contribution in [2.75, 3.05) is 39.9 Å². The summed E-state index contributed by atoms with van der Waals surface area (Å²) in [6.45, 7) is 1.04. The number of hydrogen-bond acceptors (Lipinski definition) is 7. The molecular formula is C20H22N2O5. The second-order valence-electron chi connectivity index (χ2n) is 6.53. The predicted octanol–water partition coefficient (Wildman–Crippen LogP) is 2.81. The van der Waals surface area contributed by atoms with Gasteiger partial charge in [0, 0.05) is 12.1 Å². The molecule has 142 valence electrons. The van der Waals surface area contributed by atoms with Crippen molar-refractivity contribution < 1.29 is 23.7 Å². The lowest BCUT2D eigenvalue weighted by Crippen LogP contribution is -2.37. The minimum absolute atomic E-state index is 0.188. The van der Waals surface area contributed by atoms with Crippen LogP contribution in [0.2, 0.25) is 0 Å². The van der Waals surface area contributed by atoms with Gasteiger partial charge in [0.05, 0.1) is 25.5 Å². The van der Waals surface area contributed by atoms with Crippen molar-refractivity contribution in [3.05, 3.63) is 47.0 Å². The fourth-order valence-corrected chi connectivity index (χ4v) is 3.66. The van der Waals surface area contributed by atoms with E-state index in [1.165, 1.54) is 7.11 Å². The van der Waals surface area contributed by atoms with Crippen LogP contribution in [0.1, 0.15) is 27.7 Å². The molecule has 2 aromatic rings. The van der Waals surface area contributed by atoms with E-state index in [2.05, 4.69) is 10.2 Å². The summed E-state index contributed by atoms with van der Waals surface area (Å²) < 4.78 is 21.8. The molecule has 1 atom stereocenters. The Balaban J connectivity index is 1.79. The van der Waals surface area contributed by atoms with Gasteiger partial charge in [-0.1, -0.05) is 12.1 Å². The maximum atomic E-state index is 12.1. The molecule has 0 saturated carbocycles. The quantitative estimate of drug-likeness (QED) is 0.830. The maximum Gasteiger partial charge on any atom is 0.339 e. The van der Waals surface area contributed by atoms with E-state index < -0.39 is 0 Å². The van der Waals surface area contributed by atoms with E-state index >= 15 is 0 Å². The van der Waals surface area contributed by atoms with Crippen LogP contribution in [-0.2, 0) is 11.2 Å². The van der Waals surface area contributed by atoms with Gasteiger partial charge >= 0.3 is 5.97 Å². The summed E-state index contributed by atoms with van der Waals surface area (Å²) in [5, 5.41) is 3.49. The lowest BCUT2D eigenvalue weighted by molar-refractivity contribution is 0.0601. The number of fused-ring (bicyclic) bond motifs is 2. The van der Waals surface area contributed by atoms with Crippen LogP contribution in [0.15, 0.2) is 30.3 Å². The largest absolute Gasteiger partial charge is 0.492 e. The van der Waals surface area contributed by atoms with Crippen LogP contribution in [0.3, 0.4) is 0 Å². The van der Waals surface area contributed by atoms with Crippen LogP contribution in [0.5, 0.6) is 17.2 Å². The number of ether oxygens (including phenoxy) is 4. The highest BCUT2D eigenvalue weighted by Gasteiger charge is 2.34. The molecule has 2 aliphatic heterocycles. The van der Waals surface area contributed by atoms with Gasteiger partial charge in [-0.05, 0) is 37.2 Å². The Morgan fingerprint density at radius 3 is 2.85 bits per heavy atom. The first-order valence-electron chi connectivity index (χ1n) is 8.77. The number of nitrogens with zero attached hydrogens (tertiary/aromatic N) is 1. The smallest absolute Gasteiger partial charge is 0.339 e. The number of hydrogen-bond donors (Lipinski definition) is 1. The number of rotatable bonds is 4. The van der Waals surface area contributed by atoms with E-state index in [1.54, 1.807) is 13.2 Å². The number of carbonyl (C=O) groups is 1. The van der Waals surface area contributed by atoms with Gasteiger partial charge in [-0.3, -0.25) is 4.90 Å². The van der Waals surface area contributed by atoms with Crippen molar-refractivity contribution in [3.8, 4) is 17.2 Å². The summed E-state index contributed by atoms with van der Waals surface area (Å²) in [5.41, 5.74) is 3.33. The summed E-state index contributed by atoms with van der Waals surface area (Å²) in [4.78, 5) is 14.3. The minimum Gasteiger partial charge on any atom is -0.492 e. The van der Waals surface area contributed by atoms with Crippen molar-refractivity contribution in [3.63, 3.8) is 0 Å². The first-order valence-corrected chi connectivity index (χ1v) is 8.77. The van der Waals surface area contributed by atoms with Crippen molar-refractivity contribution in [1.29, 1.82) is 0 Å². The number of anilines is 1. The summed E-state index contributed by atoms with van der Waals surface area (Å²) in [5.74, 6) is 1.62. The van der Waals surface area contributed by atoms with E-state index in [9.17, 15) is 4.79 Å². The van der Waals surface area contributed by atoms with Crippen LogP contribution in [0.4, 0.5) is 5.69 Å². The topological polar surface area (TPSA) is 69.3 Å². The third-order valence-corrected chi connectivity index (χ3v) is 5.02. The molecule has 2 aliphatic rings. The van der Waals surface area contributed by atoms with E-state index in [-0.39, 0.29) is 18.9 Å². The molecule has 0 amide bonds. The Hall–Kier alpha value is -2.93. The molecular weight excluding hydrogens is 348 g/mol. The fourth-order valence-electron chi connectivity index (χ4n) is 3.66. The zero-order valence-electron chi connectivity index (χ0n) is 15.6. The summed E-state index contributed by atoms with van der Waals surface area (Å²) in [6, 6.07) is 9.33. The highest BCUT2D eigenvalue weighted by Crippen LogP contribution is 2.49. The number of carbonyl (C=O) groups excluding carboxylic acids is 1. The molecule has 0 aliphatic carbocycles. The lowest BCUT2D eigenvalue weighted by Gasteiger charge is -2.37. The SMILES string of the molecule is COC(=O)c1ccccc1N[C@H]1c2c(cc3c(c2OC)OCO3)CCN1C. The van der Waals surface area contributed by atoms with Crippen LogP contribution in [-0.4, -0.2) is 45.5 Å². The lowest BCUT2D eigenvalue weighted by atomic mass is 9.94. The molecule has 0 radical (unpaired) electrons. The standard InChI is InChI=1S/C20H22N2O5/c1-22-9-8-12-10-15-17(27-11-26-15)18(24-2)16(12)19(22)21-14-7-5-4-6-13(14)20(23)25-3/h4-7,10,19,21H,8-9,11H2,1-3H3/t19-/m1/s1. The second-order valence-corrected chi connectivity index (χ2v) is 6.53. The number of para-hydroxylation sites is 1. The number of methoxy groups -OCH3 is 2. The Morgan fingerprint density at radius 2 is 2.07 bits per heavy atom. The second kappa shape index (κ2) is 7.00. The van der Waals surface area contributed by atoms with Gasteiger partial charge in [0.2, 0.25) is 12.5 Å². The Bertz CT molecular complexity index is 883. The van der Waals surface area contributed by atoms with Gasteiger partial charge in [-0.15, -0.1) is 0 Å². The Kier molecular flexibility index (Phi) is 4.53. The summed E-state index contributed by atoms with van der Waals surface area (Å²) in [6.07, 6.45) is 0.680. The predicted molar refractivity (Wildman–Crippen MR) is 99.6 cm³/mol. The molecule has 0 spiro atoms. The molecule has 0 bridgehead atoms. The Morgan fingerprint density at radius 1 is 1.26 bits per heavy atom. The minimum atomic E-state index is -0.380. The van der Waals surface area contributed by atoms with Crippen molar-refractivity contribution in [2.45, 2.75) is 12.6 Å². The third-order valence-electron chi connectivity index (χ3n) is 5.02. The molecule has 0 fully saturated rings. The third kappa shape index (κ3) is 2.94. The molecule has 4 rings (SSSR count). The first-order chi connectivity index (χ1) is 13.1. The number of likely N-dealkylation sites (N-methyl/N-ethyl adjacent to an activating group) is 1.